The zero-order chi connectivity index (χ0) is 24.4. The number of hydrogen-bond acceptors (Lipinski definition) is 5. The lowest BCUT2D eigenvalue weighted by molar-refractivity contribution is -0.218. The third-order valence-electron chi connectivity index (χ3n) is 11.2. The number of ketones is 1. The van der Waals surface area contributed by atoms with Crippen molar-refractivity contribution in [3.8, 4) is 0 Å². The Hall–Kier alpha value is -1.72. The summed E-state index contributed by atoms with van der Waals surface area (Å²) in [4.78, 5) is 26.5. The van der Waals surface area contributed by atoms with Crippen LogP contribution in [-0.2, 0) is 19.0 Å². The fourth-order valence-corrected chi connectivity index (χ4v) is 9.39. The average molecular weight is 481 g/mol. The number of esters is 1. The highest BCUT2D eigenvalue weighted by Crippen LogP contribution is 2.68. The molecule has 35 heavy (non-hydrogen) atoms. The highest BCUT2D eigenvalue weighted by molar-refractivity contribution is 5.89. The van der Waals surface area contributed by atoms with Gasteiger partial charge in [-0.25, -0.2) is 4.79 Å². The number of hydrogen-bond donors (Lipinski definition) is 0. The van der Waals surface area contributed by atoms with Crippen molar-refractivity contribution >= 4 is 11.8 Å². The average Bonchev–Trinajstić information content (AvgIpc) is 3.44. The van der Waals surface area contributed by atoms with E-state index in [1.807, 2.05) is 18.2 Å². The van der Waals surface area contributed by atoms with E-state index in [4.69, 9.17) is 14.2 Å². The van der Waals surface area contributed by atoms with Gasteiger partial charge in [-0.2, -0.15) is 0 Å². The largest absolute Gasteiger partial charge is 0.459 e. The second-order valence-electron chi connectivity index (χ2n) is 12.7. The maximum Gasteiger partial charge on any atom is 0.338 e. The predicted molar refractivity (Wildman–Crippen MR) is 132 cm³/mol. The van der Waals surface area contributed by atoms with Crippen LogP contribution in [0.25, 0.3) is 0 Å². The first kappa shape index (κ1) is 23.7. The van der Waals surface area contributed by atoms with Crippen molar-refractivity contribution in [2.24, 2.45) is 40.4 Å². The van der Waals surface area contributed by atoms with E-state index >= 15 is 0 Å². The highest BCUT2D eigenvalue weighted by atomic mass is 16.7. The zero-order valence-corrected chi connectivity index (χ0v) is 21.5. The van der Waals surface area contributed by atoms with Crippen LogP contribution in [0.3, 0.4) is 0 Å². The summed E-state index contributed by atoms with van der Waals surface area (Å²) in [5, 5.41) is 0. The molecule has 5 aliphatic rings. The normalized spacial score (nSPS) is 44.3. The van der Waals surface area contributed by atoms with Crippen molar-refractivity contribution in [1.29, 1.82) is 0 Å². The van der Waals surface area contributed by atoms with Gasteiger partial charge in [0.2, 0.25) is 0 Å². The quantitative estimate of drug-likeness (QED) is 0.511. The van der Waals surface area contributed by atoms with Crippen LogP contribution in [0.2, 0.25) is 0 Å². The molecular weight excluding hydrogens is 440 g/mol. The first-order valence-corrected chi connectivity index (χ1v) is 13.8. The van der Waals surface area contributed by atoms with E-state index in [1.165, 1.54) is 0 Å². The van der Waals surface area contributed by atoms with E-state index in [1.54, 1.807) is 12.1 Å². The Bertz CT molecular complexity index is 984. The van der Waals surface area contributed by atoms with E-state index in [9.17, 15) is 9.59 Å². The van der Waals surface area contributed by atoms with Gasteiger partial charge in [0.1, 0.15) is 11.9 Å². The molecule has 1 aromatic rings. The topological polar surface area (TPSA) is 61.8 Å². The molecule has 5 heteroatoms. The van der Waals surface area contributed by atoms with Crippen LogP contribution in [0.4, 0.5) is 0 Å². The van der Waals surface area contributed by atoms with Crippen molar-refractivity contribution in [2.45, 2.75) is 84.0 Å². The molecule has 0 bridgehead atoms. The number of ether oxygens (including phenoxy) is 3. The minimum atomic E-state index is -0.499. The molecule has 4 aliphatic carbocycles. The predicted octanol–water partition coefficient (Wildman–Crippen LogP) is 5.81. The standard InChI is InChI=1S/C30H40O5/c1-28-13-11-21(35-27(32)19-7-5-4-6-8-19)17-20(28)18-24(31)26-22-9-10-25(30(3)33-15-16-34-30)29(22,2)14-12-23(26)28/h4-8,20-23,25-26H,9-18H2,1-3H3/t20?,21-,22?,23?,25?,26?,28-,29-/m0/s1. The molecule has 1 heterocycles. The van der Waals surface area contributed by atoms with Crippen molar-refractivity contribution in [3.63, 3.8) is 0 Å². The molecule has 5 fully saturated rings. The zero-order valence-electron chi connectivity index (χ0n) is 21.5. The fourth-order valence-electron chi connectivity index (χ4n) is 9.39. The monoisotopic (exact) mass is 480 g/mol. The molecule has 6 rings (SSSR count). The van der Waals surface area contributed by atoms with Crippen molar-refractivity contribution in [1.82, 2.24) is 0 Å². The van der Waals surface area contributed by atoms with Crippen LogP contribution in [0.5, 0.6) is 0 Å². The molecule has 1 aliphatic heterocycles. The number of carbonyl (C=O) groups excluding carboxylic acids is 2. The van der Waals surface area contributed by atoms with Crippen molar-refractivity contribution < 1.29 is 23.8 Å². The number of benzene rings is 1. The van der Waals surface area contributed by atoms with Crippen LogP contribution in [0, 0.1) is 40.4 Å². The van der Waals surface area contributed by atoms with E-state index < -0.39 is 5.79 Å². The van der Waals surface area contributed by atoms with Crippen LogP contribution >= 0.6 is 0 Å². The van der Waals surface area contributed by atoms with Gasteiger partial charge in [-0.1, -0.05) is 32.0 Å². The van der Waals surface area contributed by atoms with Gasteiger partial charge < -0.3 is 14.2 Å². The Morgan fingerprint density at radius 2 is 1.60 bits per heavy atom. The number of fused-ring (bicyclic) bond motifs is 5. The Kier molecular flexibility index (Phi) is 5.69. The van der Waals surface area contributed by atoms with Gasteiger partial charge in [-0.05, 0) is 92.6 Å². The summed E-state index contributed by atoms with van der Waals surface area (Å²) in [6, 6.07) is 9.25. The van der Waals surface area contributed by atoms with Gasteiger partial charge in [-0.3, -0.25) is 4.79 Å². The molecule has 0 aromatic heterocycles. The third kappa shape index (κ3) is 3.63. The van der Waals surface area contributed by atoms with Gasteiger partial charge in [0.15, 0.2) is 5.79 Å². The highest BCUT2D eigenvalue weighted by Gasteiger charge is 2.65. The summed E-state index contributed by atoms with van der Waals surface area (Å²) in [5.41, 5.74) is 0.853. The summed E-state index contributed by atoms with van der Waals surface area (Å²) in [5.74, 6) is 1.41. The van der Waals surface area contributed by atoms with Gasteiger partial charge in [0.05, 0.1) is 18.8 Å². The van der Waals surface area contributed by atoms with Crippen LogP contribution in [0.15, 0.2) is 30.3 Å². The Morgan fingerprint density at radius 3 is 2.34 bits per heavy atom. The van der Waals surface area contributed by atoms with E-state index in [2.05, 4.69) is 20.8 Å². The molecule has 4 saturated carbocycles. The lowest BCUT2D eigenvalue weighted by Crippen LogP contribution is -2.58. The number of rotatable bonds is 3. The van der Waals surface area contributed by atoms with E-state index in [-0.39, 0.29) is 28.8 Å². The van der Waals surface area contributed by atoms with Crippen LogP contribution in [0.1, 0.15) is 82.5 Å². The van der Waals surface area contributed by atoms with Gasteiger partial charge in [0.25, 0.3) is 0 Å². The summed E-state index contributed by atoms with van der Waals surface area (Å²) in [7, 11) is 0. The van der Waals surface area contributed by atoms with Gasteiger partial charge >= 0.3 is 5.97 Å². The van der Waals surface area contributed by atoms with E-state index in [0.717, 1.165) is 44.9 Å². The first-order chi connectivity index (χ1) is 16.7. The molecule has 0 radical (unpaired) electrons. The summed E-state index contributed by atoms with van der Waals surface area (Å²) in [6.45, 7) is 8.34. The molecule has 5 nitrogen and oxygen atoms in total. The summed E-state index contributed by atoms with van der Waals surface area (Å²) < 4.78 is 18.2. The minimum absolute atomic E-state index is 0.0912. The maximum absolute atomic E-state index is 13.8. The Balaban J connectivity index is 1.19. The second kappa shape index (κ2) is 8.41. The summed E-state index contributed by atoms with van der Waals surface area (Å²) in [6.07, 6.45) is 7.74. The molecule has 5 unspecified atom stereocenters. The Morgan fingerprint density at radius 1 is 0.914 bits per heavy atom. The second-order valence-corrected chi connectivity index (χ2v) is 12.7. The molecule has 8 atom stereocenters. The lowest BCUT2D eigenvalue weighted by atomic mass is 9.44. The third-order valence-corrected chi connectivity index (χ3v) is 11.2. The fraction of sp³-hybridized carbons (Fsp3) is 0.733. The molecule has 0 amide bonds. The maximum atomic E-state index is 13.8. The first-order valence-electron chi connectivity index (χ1n) is 13.8. The molecule has 190 valence electrons. The SMILES string of the molecule is CC1(C2CCC3C4C(=O)CC5C[C@@H](OC(=O)c6ccccc6)CC[C@]5(C)C4CC[C@@]32C)OCCO1. The Labute approximate surface area is 209 Å². The smallest absolute Gasteiger partial charge is 0.338 e. The summed E-state index contributed by atoms with van der Waals surface area (Å²) >= 11 is 0. The van der Waals surface area contributed by atoms with Crippen molar-refractivity contribution in [3.05, 3.63) is 35.9 Å². The van der Waals surface area contributed by atoms with Crippen LogP contribution in [-0.4, -0.2) is 36.9 Å². The molecule has 0 spiro atoms. The minimum Gasteiger partial charge on any atom is -0.459 e. The molecule has 1 saturated heterocycles. The number of Topliss-reactive ketones (excluding diaryl/α,β-unsaturated/α-hetero) is 1. The van der Waals surface area contributed by atoms with Gasteiger partial charge in [-0.15, -0.1) is 0 Å². The van der Waals surface area contributed by atoms with Crippen LogP contribution < -0.4 is 0 Å². The van der Waals surface area contributed by atoms with E-state index in [0.29, 0.717) is 54.7 Å². The molecule has 0 N–H and O–H groups in total. The van der Waals surface area contributed by atoms with Gasteiger partial charge in [0, 0.05) is 18.3 Å². The van der Waals surface area contributed by atoms with Crippen molar-refractivity contribution in [2.75, 3.05) is 13.2 Å². The molecular formula is C30H40O5. The lowest BCUT2D eigenvalue weighted by Gasteiger charge is -2.60. The number of carbonyl (C=O) groups is 2. The molecule has 1 aromatic carbocycles.